The highest BCUT2D eigenvalue weighted by atomic mass is 79.9. The van der Waals surface area contributed by atoms with Gasteiger partial charge in [-0.1, -0.05) is 55.6 Å². The average molecular weight is 574 g/mol. The summed E-state index contributed by atoms with van der Waals surface area (Å²) < 4.78 is 4.69. The molecule has 3 saturated heterocycles. The van der Waals surface area contributed by atoms with Crippen molar-refractivity contribution in [2.24, 2.45) is 17.8 Å². The molecule has 7 nitrogen and oxygen atoms in total. The lowest BCUT2D eigenvalue weighted by molar-refractivity contribution is -0.154. The number of amides is 2. The topological polar surface area (TPSA) is 87.2 Å². The number of hydrogen-bond acceptors (Lipinski definition) is 6. The third-order valence-electron chi connectivity index (χ3n) is 7.56. The van der Waals surface area contributed by atoms with E-state index in [2.05, 4.69) is 29.4 Å². The molecular weight excluding hydrogens is 532 g/mol. The van der Waals surface area contributed by atoms with Gasteiger partial charge in [-0.05, 0) is 32.1 Å². The third-order valence-corrected chi connectivity index (χ3v) is 10.8. The maximum absolute atomic E-state index is 14.3. The lowest BCUT2D eigenvalue weighted by atomic mass is 9.71. The van der Waals surface area contributed by atoms with Crippen molar-refractivity contribution < 1.29 is 24.2 Å². The number of esters is 1. The highest BCUT2D eigenvalue weighted by Crippen LogP contribution is 2.68. The van der Waals surface area contributed by atoms with E-state index in [9.17, 15) is 19.5 Å². The molecule has 3 aliphatic rings. The van der Waals surface area contributed by atoms with Gasteiger partial charge in [0.15, 0.2) is 0 Å². The number of carbonyl (C=O) groups excluding carboxylic acids is 3. The first kappa shape index (κ1) is 28.5. The molecule has 3 fully saturated rings. The Bertz CT molecular complexity index is 811. The Balaban J connectivity index is 2.08. The molecule has 3 unspecified atom stereocenters. The number of likely N-dealkylation sites (tertiary alicyclic amines) is 1. The number of alkyl halides is 1. The Labute approximate surface area is 222 Å². The van der Waals surface area contributed by atoms with E-state index in [1.54, 1.807) is 29.7 Å². The quantitative estimate of drug-likeness (QED) is 0.157. The zero-order chi connectivity index (χ0) is 25.9. The first-order chi connectivity index (χ1) is 16.7. The monoisotopic (exact) mass is 572 g/mol. The summed E-state index contributed by atoms with van der Waals surface area (Å²) in [6, 6.07) is -1.21. The number of hydrogen-bond donors (Lipinski definition) is 1. The largest absolute Gasteiger partial charge is 0.466 e. The molecule has 1 N–H and O–H groups in total. The molecule has 2 amide bonds. The molecule has 3 rings (SSSR count). The van der Waals surface area contributed by atoms with Crippen molar-refractivity contribution >= 4 is 45.5 Å². The normalized spacial score (nSPS) is 32.1. The van der Waals surface area contributed by atoms with Gasteiger partial charge < -0.3 is 19.6 Å². The Morgan fingerprint density at radius 1 is 1.37 bits per heavy atom. The van der Waals surface area contributed by atoms with Gasteiger partial charge in [-0.2, -0.15) is 0 Å². The van der Waals surface area contributed by atoms with Gasteiger partial charge in [-0.15, -0.1) is 18.3 Å². The van der Waals surface area contributed by atoms with Gasteiger partial charge in [-0.3, -0.25) is 14.4 Å². The molecule has 1 spiro atoms. The number of aliphatic hydroxyl groups excluding tert-OH is 1. The van der Waals surface area contributed by atoms with E-state index in [4.69, 9.17) is 4.74 Å². The molecule has 0 aromatic rings. The van der Waals surface area contributed by atoms with Crippen LogP contribution in [0.4, 0.5) is 0 Å². The zero-order valence-electron chi connectivity index (χ0n) is 21.5. The number of aliphatic hydroxyl groups is 1. The molecule has 0 radical (unpaired) electrons. The molecule has 3 aliphatic heterocycles. The van der Waals surface area contributed by atoms with Gasteiger partial charge in [-0.25, -0.2) is 0 Å². The van der Waals surface area contributed by atoms with E-state index in [1.807, 2.05) is 18.7 Å². The van der Waals surface area contributed by atoms with Gasteiger partial charge in [0, 0.05) is 23.2 Å². The highest BCUT2D eigenvalue weighted by Gasteiger charge is 2.76. The van der Waals surface area contributed by atoms with Crippen LogP contribution in [0.15, 0.2) is 12.7 Å². The molecule has 198 valence electrons. The van der Waals surface area contributed by atoms with Crippen LogP contribution in [0, 0.1) is 17.8 Å². The van der Waals surface area contributed by atoms with Crippen LogP contribution in [0.5, 0.6) is 0 Å². The summed E-state index contributed by atoms with van der Waals surface area (Å²) in [5.41, 5.74) is 0. The number of rotatable bonds is 13. The van der Waals surface area contributed by atoms with Crippen LogP contribution < -0.4 is 0 Å². The highest BCUT2D eigenvalue weighted by molar-refractivity contribution is 9.09. The van der Waals surface area contributed by atoms with E-state index < -0.39 is 28.7 Å². The summed E-state index contributed by atoms with van der Waals surface area (Å²) >= 11 is 5.38. The molecule has 0 aromatic carbocycles. The van der Waals surface area contributed by atoms with E-state index in [1.165, 1.54) is 0 Å². The summed E-state index contributed by atoms with van der Waals surface area (Å²) in [6.45, 7) is 12.9. The maximum atomic E-state index is 14.3. The predicted molar refractivity (Wildman–Crippen MR) is 142 cm³/mol. The van der Waals surface area contributed by atoms with Crippen LogP contribution in [0.1, 0.15) is 59.8 Å². The minimum Gasteiger partial charge on any atom is -0.466 e. The number of thioether (sulfide) groups is 1. The minimum absolute atomic E-state index is 0.00632. The standard InChI is InChI=1S/C26H41BrN2O5S/c1-6-9-10-12-28(11-7-2)24(32)22-26-14-18(27)21(35-26)19(25(33)34-8-3)20(26)23(31)29(22)17(15-30)13-16(4)5/h7,16-22,30H,2,6,8-15H2,1,3-5H3/t17-,18?,19-,20+,21-,22?,26?/m1/s1. The predicted octanol–water partition coefficient (Wildman–Crippen LogP) is 3.63. The zero-order valence-corrected chi connectivity index (χ0v) is 23.9. The Hall–Kier alpha value is -1.06. The summed E-state index contributed by atoms with van der Waals surface area (Å²) in [7, 11) is 0. The molecular formula is C26H41BrN2O5S. The van der Waals surface area contributed by atoms with Crippen LogP contribution in [-0.4, -0.2) is 85.9 Å². The van der Waals surface area contributed by atoms with Gasteiger partial charge in [0.2, 0.25) is 11.8 Å². The molecule has 3 heterocycles. The molecule has 7 atom stereocenters. The summed E-state index contributed by atoms with van der Waals surface area (Å²) in [5.74, 6) is -1.65. The molecule has 0 saturated carbocycles. The van der Waals surface area contributed by atoms with E-state index in [0.29, 0.717) is 25.9 Å². The van der Waals surface area contributed by atoms with Crippen molar-refractivity contribution in [3.05, 3.63) is 12.7 Å². The Morgan fingerprint density at radius 2 is 2.09 bits per heavy atom. The Kier molecular flexibility index (Phi) is 9.77. The van der Waals surface area contributed by atoms with Crippen molar-refractivity contribution in [3.8, 4) is 0 Å². The Morgan fingerprint density at radius 3 is 2.66 bits per heavy atom. The molecule has 2 bridgehead atoms. The summed E-state index contributed by atoms with van der Waals surface area (Å²) in [5, 5.41) is 10.2. The third kappa shape index (κ3) is 5.19. The van der Waals surface area contributed by atoms with Crippen molar-refractivity contribution in [3.63, 3.8) is 0 Å². The van der Waals surface area contributed by atoms with Crippen molar-refractivity contribution in [2.75, 3.05) is 26.3 Å². The van der Waals surface area contributed by atoms with E-state index in [-0.39, 0.29) is 47.0 Å². The van der Waals surface area contributed by atoms with Crippen molar-refractivity contribution in [1.82, 2.24) is 9.80 Å². The second kappa shape index (κ2) is 12.0. The number of fused-ring (bicyclic) bond motifs is 1. The second-order valence-corrected chi connectivity index (χ2v) is 13.1. The summed E-state index contributed by atoms with van der Waals surface area (Å²) in [6.07, 6.45) is 5.87. The van der Waals surface area contributed by atoms with Crippen LogP contribution in [-0.2, 0) is 19.1 Å². The molecule has 0 aliphatic carbocycles. The number of nitrogens with zero attached hydrogens (tertiary/aromatic N) is 2. The van der Waals surface area contributed by atoms with Crippen molar-refractivity contribution in [2.45, 2.75) is 86.7 Å². The fourth-order valence-electron chi connectivity index (χ4n) is 6.24. The van der Waals surface area contributed by atoms with Crippen LogP contribution in [0.2, 0.25) is 0 Å². The smallest absolute Gasteiger partial charge is 0.310 e. The second-order valence-electron chi connectivity index (χ2n) is 10.4. The van der Waals surface area contributed by atoms with Crippen LogP contribution >= 0.6 is 27.7 Å². The SMILES string of the molecule is C=CCN(CCCCC)C(=O)C1N([C@@H](CO)CC(C)C)C(=O)[C@@H]2[C@@H](C(=O)OCC)[C@@H]3SC12CC3Br. The molecule has 35 heavy (non-hydrogen) atoms. The van der Waals surface area contributed by atoms with Crippen LogP contribution in [0.3, 0.4) is 0 Å². The minimum atomic E-state index is -0.730. The van der Waals surface area contributed by atoms with Gasteiger partial charge in [0.1, 0.15) is 6.04 Å². The molecule has 9 heteroatoms. The molecule has 0 aromatic heterocycles. The first-order valence-corrected chi connectivity index (χ1v) is 14.8. The average Bonchev–Trinajstić information content (AvgIpc) is 3.40. The summed E-state index contributed by atoms with van der Waals surface area (Å²) in [4.78, 5) is 45.0. The van der Waals surface area contributed by atoms with Crippen LogP contribution in [0.25, 0.3) is 0 Å². The van der Waals surface area contributed by atoms with Crippen molar-refractivity contribution in [1.29, 1.82) is 0 Å². The van der Waals surface area contributed by atoms with Gasteiger partial charge in [0.25, 0.3) is 0 Å². The first-order valence-electron chi connectivity index (χ1n) is 13.0. The maximum Gasteiger partial charge on any atom is 0.310 e. The van der Waals surface area contributed by atoms with Gasteiger partial charge in [0.05, 0.1) is 35.8 Å². The van der Waals surface area contributed by atoms with E-state index in [0.717, 1.165) is 19.3 Å². The van der Waals surface area contributed by atoms with E-state index >= 15 is 0 Å². The number of halogens is 1. The fourth-order valence-corrected chi connectivity index (χ4v) is 9.82. The number of carbonyl (C=O) groups is 3. The number of unbranched alkanes of at least 4 members (excludes halogenated alkanes) is 2. The lowest BCUT2D eigenvalue weighted by Gasteiger charge is -2.40. The fraction of sp³-hybridized carbons (Fsp3) is 0.808. The van der Waals surface area contributed by atoms with Gasteiger partial charge >= 0.3 is 5.97 Å². The number of ether oxygens (including phenoxy) is 1. The lowest BCUT2D eigenvalue weighted by Crippen LogP contribution is -2.58.